The molecule has 0 amide bonds. The molecule has 1 saturated heterocycles. The van der Waals surface area contributed by atoms with Crippen molar-refractivity contribution >= 4 is 22.3 Å². The fourth-order valence-corrected chi connectivity index (χ4v) is 3.18. The number of nitrogens with one attached hydrogen (secondary N) is 1. The van der Waals surface area contributed by atoms with E-state index in [-0.39, 0.29) is 0 Å². The maximum absolute atomic E-state index is 4.68. The molecule has 3 rings (SSSR count). The van der Waals surface area contributed by atoms with E-state index in [0.717, 1.165) is 17.5 Å². The van der Waals surface area contributed by atoms with Crippen molar-refractivity contribution in [2.75, 3.05) is 18.9 Å². The molecule has 3 heterocycles. The van der Waals surface area contributed by atoms with E-state index < -0.39 is 0 Å². The lowest BCUT2D eigenvalue weighted by Crippen LogP contribution is -2.29. The summed E-state index contributed by atoms with van der Waals surface area (Å²) in [6, 6.07) is 0.461. The van der Waals surface area contributed by atoms with Crippen molar-refractivity contribution < 1.29 is 0 Å². The molecular weight excluding hydrogens is 258 g/mol. The van der Waals surface area contributed by atoms with Crippen LogP contribution in [0.25, 0.3) is 0 Å². The molecule has 1 atom stereocenters. The summed E-state index contributed by atoms with van der Waals surface area (Å²) in [4.78, 5) is 15.3. The zero-order chi connectivity index (χ0) is 13.1. The molecule has 1 fully saturated rings. The molecule has 0 aromatic carbocycles. The average molecular weight is 275 g/mol. The molecule has 0 saturated carbocycles. The van der Waals surface area contributed by atoms with Crippen LogP contribution in [0.2, 0.25) is 0 Å². The second kappa shape index (κ2) is 5.63. The fraction of sp³-hybridized carbons (Fsp3) is 0.462. The third-order valence-corrected chi connectivity index (χ3v) is 4.21. The highest BCUT2D eigenvalue weighted by Crippen LogP contribution is 2.31. The van der Waals surface area contributed by atoms with Gasteiger partial charge in [-0.15, -0.1) is 11.3 Å². The van der Waals surface area contributed by atoms with Gasteiger partial charge in [-0.3, -0.25) is 9.88 Å². The van der Waals surface area contributed by atoms with E-state index in [1.165, 1.54) is 25.0 Å². The lowest BCUT2D eigenvalue weighted by Gasteiger charge is -2.31. The van der Waals surface area contributed by atoms with Crippen molar-refractivity contribution in [2.45, 2.75) is 25.3 Å². The molecule has 1 aliphatic rings. The first-order valence-corrected chi connectivity index (χ1v) is 7.39. The van der Waals surface area contributed by atoms with Crippen molar-refractivity contribution in [3.8, 4) is 0 Å². The van der Waals surface area contributed by atoms with Gasteiger partial charge in [-0.25, -0.2) is 9.97 Å². The van der Waals surface area contributed by atoms with Crippen LogP contribution in [0.5, 0.6) is 0 Å². The molecule has 0 aliphatic carbocycles. The minimum atomic E-state index is 0.461. The van der Waals surface area contributed by atoms with Gasteiger partial charge in [0.25, 0.3) is 0 Å². The Bertz CT molecular complexity index is 527. The van der Waals surface area contributed by atoms with Gasteiger partial charge < -0.3 is 5.32 Å². The quantitative estimate of drug-likeness (QED) is 0.933. The van der Waals surface area contributed by atoms with Gasteiger partial charge in [-0.2, -0.15) is 0 Å². The number of nitrogens with zero attached hydrogens (tertiary/aromatic N) is 4. The molecule has 0 bridgehead atoms. The summed E-state index contributed by atoms with van der Waals surface area (Å²) in [7, 11) is 2.18. The second-order valence-corrected chi connectivity index (χ2v) is 5.64. The zero-order valence-corrected chi connectivity index (χ0v) is 11.7. The number of likely N-dealkylation sites (tertiary alicyclic amines) is 1. The van der Waals surface area contributed by atoms with Gasteiger partial charge in [-0.05, 0) is 26.4 Å². The molecule has 0 unspecified atom stereocenters. The molecule has 0 spiro atoms. The Morgan fingerprint density at radius 2 is 2.32 bits per heavy atom. The summed E-state index contributed by atoms with van der Waals surface area (Å²) in [5.74, 6) is 0.736. The predicted molar refractivity (Wildman–Crippen MR) is 76.7 cm³/mol. The highest BCUT2D eigenvalue weighted by molar-refractivity contribution is 7.13. The minimum Gasteiger partial charge on any atom is -0.315 e. The SMILES string of the molecule is CN1CCCC[C@@H]1c1csc(Nc2cnccn2)n1. The van der Waals surface area contributed by atoms with Crippen LogP contribution in [0.1, 0.15) is 31.0 Å². The molecule has 100 valence electrons. The first-order chi connectivity index (χ1) is 9.33. The van der Waals surface area contributed by atoms with Crippen LogP contribution in [-0.2, 0) is 0 Å². The lowest BCUT2D eigenvalue weighted by molar-refractivity contribution is 0.184. The van der Waals surface area contributed by atoms with Crippen LogP contribution in [0.3, 0.4) is 0 Å². The van der Waals surface area contributed by atoms with E-state index in [9.17, 15) is 0 Å². The van der Waals surface area contributed by atoms with E-state index in [1.807, 2.05) is 0 Å². The smallest absolute Gasteiger partial charge is 0.188 e. The van der Waals surface area contributed by atoms with Gasteiger partial charge in [0.15, 0.2) is 10.9 Å². The summed E-state index contributed by atoms with van der Waals surface area (Å²) < 4.78 is 0. The zero-order valence-electron chi connectivity index (χ0n) is 10.9. The number of hydrogen-bond acceptors (Lipinski definition) is 6. The molecule has 2 aromatic heterocycles. The first-order valence-electron chi connectivity index (χ1n) is 6.51. The highest BCUT2D eigenvalue weighted by Gasteiger charge is 2.22. The molecule has 1 aliphatic heterocycles. The largest absolute Gasteiger partial charge is 0.315 e. The molecule has 5 nitrogen and oxygen atoms in total. The second-order valence-electron chi connectivity index (χ2n) is 4.79. The van der Waals surface area contributed by atoms with Crippen molar-refractivity contribution in [2.24, 2.45) is 0 Å². The normalized spacial score (nSPS) is 20.4. The van der Waals surface area contributed by atoms with E-state index in [1.54, 1.807) is 29.9 Å². The summed E-state index contributed by atoms with van der Waals surface area (Å²) >= 11 is 1.62. The third kappa shape index (κ3) is 2.90. The van der Waals surface area contributed by atoms with E-state index in [4.69, 9.17) is 0 Å². The molecular formula is C13H17N5S. The summed E-state index contributed by atoms with van der Waals surface area (Å²) in [6.07, 6.45) is 8.82. The van der Waals surface area contributed by atoms with Gasteiger partial charge in [0.1, 0.15) is 0 Å². The van der Waals surface area contributed by atoms with Crippen LogP contribution >= 0.6 is 11.3 Å². The fourth-order valence-electron chi connectivity index (χ4n) is 2.42. The molecule has 1 N–H and O–H groups in total. The number of hydrogen-bond donors (Lipinski definition) is 1. The van der Waals surface area contributed by atoms with E-state index in [2.05, 4.69) is 37.6 Å². The van der Waals surface area contributed by atoms with Crippen LogP contribution in [0.15, 0.2) is 24.0 Å². The van der Waals surface area contributed by atoms with Gasteiger partial charge in [0, 0.05) is 17.8 Å². The maximum Gasteiger partial charge on any atom is 0.188 e. The average Bonchev–Trinajstić information content (AvgIpc) is 2.89. The van der Waals surface area contributed by atoms with Gasteiger partial charge in [-0.1, -0.05) is 6.42 Å². The number of anilines is 2. The Hall–Kier alpha value is -1.53. The number of aromatic nitrogens is 3. The Labute approximate surface area is 116 Å². The third-order valence-electron chi connectivity index (χ3n) is 3.43. The maximum atomic E-state index is 4.68. The topological polar surface area (TPSA) is 53.9 Å². The van der Waals surface area contributed by atoms with Gasteiger partial charge in [0.05, 0.1) is 17.9 Å². The summed E-state index contributed by atoms with van der Waals surface area (Å²) in [5.41, 5.74) is 1.17. The first kappa shape index (κ1) is 12.5. The minimum absolute atomic E-state index is 0.461. The number of thiazole rings is 1. The monoisotopic (exact) mass is 275 g/mol. The van der Waals surface area contributed by atoms with Crippen molar-refractivity contribution in [3.63, 3.8) is 0 Å². The van der Waals surface area contributed by atoms with E-state index >= 15 is 0 Å². The Kier molecular flexibility index (Phi) is 3.70. The lowest BCUT2D eigenvalue weighted by atomic mass is 10.0. The molecule has 19 heavy (non-hydrogen) atoms. The van der Waals surface area contributed by atoms with Crippen molar-refractivity contribution in [3.05, 3.63) is 29.7 Å². The summed E-state index contributed by atoms with van der Waals surface area (Å²) in [5, 5.41) is 6.22. The van der Waals surface area contributed by atoms with E-state index in [0.29, 0.717) is 6.04 Å². The molecule has 6 heteroatoms. The number of rotatable bonds is 3. The Morgan fingerprint density at radius 3 is 3.11 bits per heavy atom. The van der Waals surface area contributed by atoms with Crippen LogP contribution in [0.4, 0.5) is 10.9 Å². The van der Waals surface area contributed by atoms with Crippen molar-refractivity contribution in [1.82, 2.24) is 19.9 Å². The van der Waals surface area contributed by atoms with Gasteiger partial charge in [0.2, 0.25) is 0 Å². The molecule has 0 radical (unpaired) electrons. The van der Waals surface area contributed by atoms with Crippen molar-refractivity contribution in [1.29, 1.82) is 0 Å². The predicted octanol–water partition coefficient (Wildman–Crippen LogP) is 2.83. The highest BCUT2D eigenvalue weighted by atomic mass is 32.1. The van der Waals surface area contributed by atoms with Crippen LogP contribution < -0.4 is 5.32 Å². The van der Waals surface area contributed by atoms with Gasteiger partial charge >= 0.3 is 0 Å². The standard InChI is InChI=1S/C13H17N5S/c1-18-7-3-2-4-11(18)10-9-19-13(16-10)17-12-8-14-5-6-15-12/h5-6,8-9,11H,2-4,7H2,1H3,(H,15,16,17)/t11-/m1/s1. The molecule has 2 aromatic rings. The van der Waals surface area contributed by atoms with Crippen LogP contribution in [-0.4, -0.2) is 33.4 Å². The Morgan fingerprint density at radius 1 is 1.37 bits per heavy atom. The van der Waals surface area contributed by atoms with Crippen LogP contribution in [0, 0.1) is 0 Å². The summed E-state index contributed by atoms with van der Waals surface area (Å²) in [6.45, 7) is 1.16. The number of piperidine rings is 1. The Balaban J connectivity index is 1.72.